The van der Waals surface area contributed by atoms with Crippen molar-refractivity contribution >= 4 is 32.1 Å². The van der Waals surface area contributed by atoms with E-state index in [1.165, 1.54) is 31.7 Å². The van der Waals surface area contributed by atoms with Crippen LogP contribution in [-0.2, 0) is 16.3 Å². The summed E-state index contributed by atoms with van der Waals surface area (Å²) < 4.78 is 45.1. The van der Waals surface area contributed by atoms with Gasteiger partial charge in [0.1, 0.15) is 18.2 Å². The van der Waals surface area contributed by atoms with Gasteiger partial charge in [0.2, 0.25) is 5.13 Å². The lowest BCUT2D eigenvalue weighted by atomic mass is 9.98. The van der Waals surface area contributed by atoms with E-state index in [0.717, 1.165) is 16.9 Å². The molecule has 9 nitrogen and oxygen atoms in total. The minimum atomic E-state index is -2.78. The fourth-order valence-corrected chi connectivity index (χ4v) is 4.60. The topological polar surface area (TPSA) is 127 Å². The molecule has 4 aromatic rings. The molecule has 0 aliphatic rings. The molecule has 0 bridgehead atoms. The molecule has 0 unspecified atom stereocenters. The first-order valence-electron chi connectivity index (χ1n) is 10.6. The molecular weight excluding hydrogens is 505 g/mol. The van der Waals surface area contributed by atoms with E-state index in [9.17, 15) is 13.4 Å². The lowest BCUT2D eigenvalue weighted by Crippen LogP contribution is -2.14. The number of nitrogens with zero attached hydrogens (tertiary/aromatic N) is 3. The van der Waals surface area contributed by atoms with Gasteiger partial charge in [0.25, 0.3) is 11.1 Å². The van der Waals surface area contributed by atoms with E-state index in [1.807, 2.05) is 0 Å². The van der Waals surface area contributed by atoms with Gasteiger partial charge < -0.3 is 9.47 Å². The number of anilines is 1. The lowest BCUT2D eigenvalue weighted by Gasteiger charge is -2.14. The summed E-state index contributed by atoms with van der Waals surface area (Å²) in [5.74, 6) is -0.782. The van der Waals surface area contributed by atoms with Gasteiger partial charge in [-0.2, -0.15) is 0 Å². The number of ether oxygens (including phenoxy) is 2. The van der Waals surface area contributed by atoms with Crippen LogP contribution in [0, 0.1) is 17.5 Å². The predicted molar refractivity (Wildman–Crippen MR) is 135 cm³/mol. The van der Waals surface area contributed by atoms with Gasteiger partial charge in [-0.05, 0) is 54.2 Å². The maximum absolute atomic E-state index is 14.7. The van der Waals surface area contributed by atoms with Crippen LogP contribution in [0.5, 0.6) is 10.9 Å². The predicted octanol–water partition coefficient (Wildman–Crippen LogP) is 4.92. The number of halogens is 1. The highest BCUT2D eigenvalue weighted by Gasteiger charge is 2.21. The van der Waals surface area contributed by atoms with Crippen LogP contribution < -0.4 is 14.8 Å². The van der Waals surface area contributed by atoms with E-state index in [1.54, 1.807) is 43.3 Å². The second-order valence-corrected chi connectivity index (χ2v) is 10.9. The van der Waals surface area contributed by atoms with Crippen LogP contribution in [0.2, 0.25) is 0 Å². The summed E-state index contributed by atoms with van der Waals surface area (Å²) >= 11 is 1.03. The zero-order chi connectivity index (χ0) is 25.9. The highest BCUT2D eigenvalue weighted by Crippen LogP contribution is 2.35. The fraction of sp³-hybridized carbons (Fsp3) is 0.167. The molecule has 0 saturated heterocycles. The molecule has 0 radical (unpaired) electrons. The molecule has 1 amide bonds. The van der Waals surface area contributed by atoms with Crippen molar-refractivity contribution in [3.05, 3.63) is 77.4 Å². The smallest absolute Gasteiger partial charge is 0.296 e. The summed E-state index contributed by atoms with van der Waals surface area (Å²) in [6.07, 6.45) is 2.73. The van der Waals surface area contributed by atoms with Gasteiger partial charge in [-0.3, -0.25) is 15.1 Å². The maximum Gasteiger partial charge on any atom is 0.296 e. The number of methoxy groups -OCH3 is 1. The zero-order valence-corrected chi connectivity index (χ0v) is 21.2. The number of carbonyl (C=O) groups is 1. The summed E-state index contributed by atoms with van der Waals surface area (Å²) in [6.45, 7) is 1.92. The van der Waals surface area contributed by atoms with Crippen molar-refractivity contribution in [1.29, 1.82) is 4.78 Å². The molecule has 12 heteroatoms. The van der Waals surface area contributed by atoms with Gasteiger partial charge >= 0.3 is 0 Å². The monoisotopic (exact) mass is 527 g/mol. The van der Waals surface area contributed by atoms with Gasteiger partial charge in [-0.25, -0.2) is 13.4 Å². The van der Waals surface area contributed by atoms with Crippen LogP contribution in [0.25, 0.3) is 11.1 Å². The number of aromatic nitrogens is 3. The van der Waals surface area contributed by atoms with Crippen molar-refractivity contribution in [2.75, 3.05) is 18.7 Å². The molecule has 36 heavy (non-hydrogen) atoms. The third kappa shape index (κ3) is 5.66. The molecule has 0 fully saturated rings. The molecule has 2 N–H and O–H groups in total. The third-order valence-electron chi connectivity index (χ3n) is 5.11. The van der Waals surface area contributed by atoms with Gasteiger partial charge in [-0.1, -0.05) is 23.3 Å². The standard InChI is InChI=1S/C24H22FN5O4S2/c1-14-11-17(21-19(25)5-4-6-20(21)33-2)18(12-27-14)22(31)28-23-29-30-24(35-23)34-13-15-7-9-16(10-8-15)36(3,26)32/h4-12,26H,13H2,1-3H3,(H,28,29,31)/t36-/m0/s1. The van der Waals surface area contributed by atoms with Crippen molar-refractivity contribution < 1.29 is 22.9 Å². The zero-order valence-electron chi connectivity index (χ0n) is 19.6. The van der Waals surface area contributed by atoms with Crippen molar-refractivity contribution in [3.8, 4) is 22.1 Å². The highest BCUT2D eigenvalue weighted by atomic mass is 32.2. The van der Waals surface area contributed by atoms with E-state index in [2.05, 4.69) is 20.5 Å². The second kappa shape index (κ2) is 10.4. The summed E-state index contributed by atoms with van der Waals surface area (Å²) in [7, 11) is -1.35. The Morgan fingerprint density at radius 3 is 2.64 bits per heavy atom. The summed E-state index contributed by atoms with van der Waals surface area (Å²) in [4.78, 5) is 17.7. The molecule has 0 saturated carbocycles. The molecule has 2 heterocycles. The Bertz CT molecular complexity index is 1520. The number of benzene rings is 2. The van der Waals surface area contributed by atoms with Crippen LogP contribution in [0.4, 0.5) is 9.52 Å². The molecule has 0 aliphatic heterocycles. The molecule has 2 aromatic carbocycles. The maximum atomic E-state index is 14.7. The largest absolute Gasteiger partial charge is 0.496 e. The number of aryl methyl sites for hydroxylation is 1. The van der Waals surface area contributed by atoms with E-state index in [0.29, 0.717) is 21.9 Å². The first kappa shape index (κ1) is 25.2. The number of hydrogen-bond donors (Lipinski definition) is 2. The summed E-state index contributed by atoms with van der Waals surface area (Å²) in [6, 6.07) is 12.7. The number of rotatable bonds is 8. The Labute approximate surface area is 211 Å². The van der Waals surface area contributed by atoms with Gasteiger partial charge in [0.05, 0.1) is 28.0 Å². The quantitative estimate of drug-likeness (QED) is 0.333. The van der Waals surface area contributed by atoms with Crippen molar-refractivity contribution in [2.24, 2.45) is 0 Å². The summed E-state index contributed by atoms with van der Waals surface area (Å²) in [5.41, 5.74) is 2.03. The normalized spacial score (nSPS) is 12.6. The van der Waals surface area contributed by atoms with E-state index in [-0.39, 0.29) is 28.1 Å². The SMILES string of the molecule is COc1cccc(F)c1-c1cc(C)ncc1C(=O)Nc1nnc(OCc2ccc([S@@](C)(=N)=O)cc2)s1. The number of carbonyl (C=O) groups excluding carboxylic acids is 1. The van der Waals surface area contributed by atoms with Crippen LogP contribution in [-0.4, -0.2) is 38.7 Å². The Morgan fingerprint density at radius 1 is 1.19 bits per heavy atom. The van der Waals surface area contributed by atoms with Crippen LogP contribution in [0.15, 0.2) is 59.6 Å². The minimum absolute atomic E-state index is 0.142. The number of nitrogens with one attached hydrogen (secondary N) is 2. The Hall–Kier alpha value is -3.90. The molecule has 2 aromatic heterocycles. The highest BCUT2D eigenvalue weighted by molar-refractivity contribution is 7.91. The molecule has 1 atom stereocenters. The average Bonchev–Trinajstić information content (AvgIpc) is 3.29. The fourth-order valence-electron chi connectivity index (χ4n) is 3.36. The second-order valence-electron chi connectivity index (χ2n) is 7.79. The Morgan fingerprint density at radius 2 is 1.94 bits per heavy atom. The average molecular weight is 528 g/mol. The van der Waals surface area contributed by atoms with Crippen LogP contribution in [0.3, 0.4) is 0 Å². The molecule has 0 spiro atoms. The van der Waals surface area contributed by atoms with Crippen molar-refractivity contribution in [1.82, 2.24) is 15.2 Å². The first-order chi connectivity index (χ1) is 17.2. The number of amides is 1. The van der Waals surface area contributed by atoms with Gasteiger partial charge in [0.15, 0.2) is 0 Å². The number of hydrogen-bond acceptors (Lipinski definition) is 9. The van der Waals surface area contributed by atoms with E-state index in [4.69, 9.17) is 14.3 Å². The summed E-state index contributed by atoms with van der Waals surface area (Å²) in [5, 5.41) is 11.0. The van der Waals surface area contributed by atoms with Crippen LogP contribution in [0.1, 0.15) is 21.6 Å². The molecule has 186 valence electrons. The Balaban J connectivity index is 1.50. The molecule has 0 aliphatic carbocycles. The number of pyridine rings is 1. The van der Waals surface area contributed by atoms with Crippen molar-refractivity contribution in [3.63, 3.8) is 0 Å². The molecule has 4 rings (SSSR count). The lowest BCUT2D eigenvalue weighted by molar-refractivity contribution is 0.102. The third-order valence-corrected chi connectivity index (χ3v) is 7.04. The Kier molecular flexibility index (Phi) is 7.27. The first-order valence-corrected chi connectivity index (χ1v) is 13.3. The van der Waals surface area contributed by atoms with Crippen LogP contribution >= 0.6 is 11.3 Å². The minimum Gasteiger partial charge on any atom is -0.496 e. The van der Waals surface area contributed by atoms with E-state index < -0.39 is 21.5 Å². The van der Waals surface area contributed by atoms with Gasteiger partial charge in [0, 0.05) is 28.6 Å². The molecular formula is C24H22FN5O4S2. The van der Waals surface area contributed by atoms with Crippen molar-refractivity contribution in [2.45, 2.75) is 18.4 Å². The van der Waals surface area contributed by atoms with E-state index >= 15 is 0 Å². The van der Waals surface area contributed by atoms with Gasteiger partial charge in [-0.15, -0.1) is 5.10 Å².